The van der Waals surface area contributed by atoms with Crippen molar-refractivity contribution in [2.24, 2.45) is 0 Å². The van der Waals surface area contributed by atoms with Gasteiger partial charge in [-0.05, 0) is 30.3 Å². The SMILES string of the molecule is N#CCc1c(-c2ccc3c(c2)OCO3)nc2ccccn12. The van der Waals surface area contributed by atoms with Crippen molar-refractivity contribution in [1.29, 1.82) is 5.26 Å². The smallest absolute Gasteiger partial charge is 0.231 e. The van der Waals surface area contributed by atoms with Gasteiger partial charge >= 0.3 is 0 Å². The molecule has 0 saturated heterocycles. The molecule has 1 aliphatic rings. The molecule has 5 nitrogen and oxygen atoms in total. The van der Waals surface area contributed by atoms with Gasteiger partial charge in [0.1, 0.15) is 5.65 Å². The Bertz CT molecular complexity index is 877. The molecule has 0 spiro atoms. The van der Waals surface area contributed by atoms with Gasteiger partial charge in [-0.1, -0.05) is 6.07 Å². The Labute approximate surface area is 121 Å². The molecule has 0 N–H and O–H groups in total. The fourth-order valence-electron chi connectivity index (χ4n) is 2.57. The van der Waals surface area contributed by atoms with Crippen molar-refractivity contribution in [2.45, 2.75) is 6.42 Å². The topological polar surface area (TPSA) is 59.5 Å². The zero-order valence-electron chi connectivity index (χ0n) is 11.1. The van der Waals surface area contributed by atoms with Gasteiger partial charge in [0.2, 0.25) is 6.79 Å². The lowest BCUT2D eigenvalue weighted by atomic mass is 10.1. The van der Waals surface area contributed by atoms with Crippen LogP contribution in [0.3, 0.4) is 0 Å². The van der Waals surface area contributed by atoms with Gasteiger partial charge < -0.3 is 13.9 Å². The standard InChI is InChI=1S/C16H11N3O2/c17-7-6-12-16(18-15-3-1-2-8-19(12)15)11-4-5-13-14(9-11)21-10-20-13/h1-5,8-9H,6,10H2. The molecule has 0 atom stereocenters. The van der Waals surface area contributed by atoms with Crippen LogP contribution in [0.4, 0.5) is 0 Å². The fourth-order valence-corrected chi connectivity index (χ4v) is 2.57. The number of imidazole rings is 1. The van der Waals surface area contributed by atoms with Gasteiger partial charge in [0.05, 0.1) is 23.9 Å². The lowest BCUT2D eigenvalue weighted by molar-refractivity contribution is 0.174. The van der Waals surface area contributed by atoms with Crippen molar-refractivity contribution in [3.05, 3.63) is 48.3 Å². The number of pyridine rings is 1. The number of hydrogen-bond acceptors (Lipinski definition) is 4. The van der Waals surface area contributed by atoms with Crippen LogP contribution in [0.1, 0.15) is 5.69 Å². The Balaban J connectivity index is 1.93. The number of hydrogen-bond donors (Lipinski definition) is 0. The normalized spacial score (nSPS) is 12.5. The highest BCUT2D eigenvalue weighted by Gasteiger charge is 2.18. The van der Waals surface area contributed by atoms with Gasteiger partial charge in [-0.25, -0.2) is 4.98 Å². The van der Waals surface area contributed by atoms with E-state index in [-0.39, 0.29) is 6.79 Å². The van der Waals surface area contributed by atoms with E-state index in [1.54, 1.807) is 0 Å². The molecule has 4 rings (SSSR count). The van der Waals surface area contributed by atoms with E-state index in [1.165, 1.54) is 0 Å². The molecule has 102 valence electrons. The summed E-state index contributed by atoms with van der Waals surface area (Å²) in [6, 6.07) is 13.7. The molecule has 0 amide bonds. The van der Waals surface area contributed by atoms with Crippen molar-refractivity contribution in [3.8, 4) is 28.8 Å². The maximum Gasteiger partial charge on any atom is 0.231 e. The molecule has 1 aromatic carbocycles. The predicted molar refractivity (Wildman–Crippen MR) is 76.1 cm³/mol. The summed E-state index contributed by atoms with van der Waals surface area (Å²) in [6.45, 7) is 0.245. The third kappa shape index (κ3) is 1.81. The van der Waals surface area contributed by atoms with Gasteiger partial charge in [-0.3, -0.25) is 0 Å². The molecular weight excluding hydrogens is 266 g/mol. The van der Waals surface area contributed by atoms with Crippen molar-refractivity contribution < 1.29 is 9.47 Å². The van der Waals surface area contributed by atoms with Crippen LogP contribution in [-0.2, 0) is 6.42 Å². The van der Waals surface area contributed by atoms with E-state index in [2.05, 4.69) is 11.1 Å². The number of rotatable bonds is 2. The Hall–Kier alpha value is -3.00. The van der Waals surface area contributed by atoms with E-state index in [4.69, 9.17) is 14.7 Å². The van der Waals surface area contributed by atoms with Crippen LogP contribution in [0.15, 0.2) is 42.6 Å². The van der Waals surface area contributed by atoms with Crippen molar-refractivity contribution >= 4 is 5.65 Å². The first-order chi connectivity index (χ1) is 10.4. The largest absolute Gasteiger partial charge is 0.454 e. The highest BCUT2D eigenvalue weighted by atomic mass is 16.7. The predicted octanol–water partition coefficient (Wildman–Crippen LogP) is 2.80. The molecule has 1 aliphatic heterocycles. The first-order valence-corrected chi connectivity index (χ1v) is 6.60. The van der Waals surface area contributed by atoms with Gasteiger partial charge in [0.25, 0.3) is 0 Å². The zero-order valence-corrected chi connectivity index (χ0v) is 11.1. The molecule has 0 radical (unpaired) electrons. The molecule has 0 saturated carbocycles. The molecule has 3 heterocycles. The second-order valence-corrected chi connectivity index (χ2v) is 4.74. The van der Waals surface area contributed by atoms with Crippen molar-refractivity contribution in [1.82, 2.24) is 9.38 Å². The monoisotopic (exact) mass is 277 g/mol. The van der Waals surface area contributed by atoms with E-state index in [9.17, 15) is 0 Å². The quantitative estimate of drug-likeness (QED) is 0.722. The van der Waals surface area contributed by atoms with Crippen LogP contribution in [0.5, 0.6) is 11.5 Å². The third-order valence-electron chi connectivity index (χ3n) is 3.52. The van der Waals surface area contributed by atoms with Crippen LogP contribution in [0.25, 0.3) is 16.9 Å². The lowest BCUT2D eigenvalue weighted by Gasteiger charge is -2.03. The highest BCUT2D eigenvalue weighted by Crippen LogP contribution is 2.36. The average molecular weight is 277 g/mol. The Morgan fingerprint density at radius 3 is 3.00 bits per heavy atom. The van der Waals surface area contributed by atoms with Crippen LogP contribution in [0.2, 0.25) is 0 Å². The van der Waals surface area contributed by atoms with Crippen LogP contribution >= 0.6 is 0 Å². The second-order valence-electron chi connectivity index (χ2n) is 4.74. The summed E-state index contributed by atoms with van der Waals surface area (Å²) in [7, 11) is 0. The number of nitrogens with zero attached hydrogens (tertiary/aromatic N) is 3. The number of nitriles is 1. The lowest BCUT2D eigenvalue weighted by Crippen LogP contribution is -1.93. The molecular formula is C16H11N3O2. The first kappa shape index (κ1) is 11.8. The molecule has 0 bridgehead atoms. The summed E-state index contributed by atoms with van der Waals surface area (Å²) >= 11 is 0. The van der Waals surface area contributed by atoms with Crippen molar-refractivity contribution in [3.63, 3.8) is 0 Å². The first-order valence-electron chi connectivity index (χ1n) is 6.60. The minimum atomic E-state index is 0.245. The molecule has 2 aromatic heterocycles. The summed E-state index contributed by atoms with van der Waals surface area (Å²) in [5.41, 5.74) is 3.44. The molecule has 0 unspecified atom stereocenters. The summed E-state index contributed by atoms with van der Waals surface area (Å²) < 4.78 is 12.7. The van der Waals surface area contributed by atoms with E-state index >= 15 is 0 Å². The number of benzene rings is 1. The number of ether oxygens (including phenoxy) is 2. The summed E-state index contributed by atoms with van der Waals surface area (Å²) in [4.78, 5) is 4.64. The Kier molecular flexibility index (Phi) is 2.54. The number of aromatic nitrogens is 2. The van der Waals surface area contributed by atoms with E-state index in [1.807, 2.05) is 47.0 Å². The molecule has 3 aromatic rings. The maximum atomic E-state index is 9.09. The Morgan fingerprint density at radius 2 is 2.10 bits per heavy atom. The van der Waals surface area contributed by atoms with E-state index in [0.29, 0.717) is 12.2 Å². The Morgan fingerprint density at radius 1 is 1.19 bits per heavy atom. The number of fused-ring (bicyclic) bond motifs is 2. The average Bonchev–Trinajstić information content (AvgIpc) is 3.11. The minimum absolute atomic E-state index is 0.245. The molecule has 21 heavy (non-hydrogen) atoms. The van der Waals surface area contributed by atoms with Gasteiger partial charge in [-0.2, -0.15) is 5.26 Å². The molecule has 0 fully saturated rings. The fraction of sp³-hybridized carbons (Fsp3) is 0.125. The van der Waals surface area contributed by atoms with Crippen LogP contribution < -0.4 is 9.47 Å². The summed E-state index contributed by atoms with van der Waals surface area (Å²) in [6.07, 6.45) is 2.22. The van der Waals surface area contributed by atoms with Gasteiger partial charge in [0.15, 0.2) is 11.5 Å². The molecule has 5 heteroatoms. The third-order valence-corrected chi connectivity index (χ3v) is 3.52. The second kappa shape index (κ2) is 4.53. The highest BCUT2D eigenvalue weighted by molar-refractivity contribution is 5.70. The van der Waals surface area contributed by atoms with E-state index < -0.39 is 0 Å². The summed E-state index contributed by atoms with van der Waals surface area (Å²) in [5, 5.41) is 9.09. The van der Waals surface area contributed by atoms with Crippen LogP contribution in [0, 0.1) is 11.3 Å². The maximum absolute atomic E-state index is 9.09. The van der Waals surface area contributed by atoms with Gasteiger partial charge in [-0.15, -0.1) is 0 Å². The van der Waals surface area contributed by atoms with E-state index in [0.717, 1.165) is 28.3 Å². The minimum Gasteiger partial charge on any atom is -0.454 e. The van der Waals surface area contributed by atoms with Gasteiger partial charge in [0, 0.05) is 11.8 Å². The summed E-state index contributed by atoms with van der Waals surface area (Å²) in [5.74, 6) is 1.46. The zero-order chi connectivity index (χ0) is 14.2. The molecule has 0 aliphatic carbocycles. The van der Waals surface area contributed by atoms with Crippen LogP contribution in [-0.4, -0.2) is 16.2 Å². The van der Waals surface area contributed by atoms with Crippen molar-refractivity contribution in [2.75, 3.05) is 6.79 Å².